The first-order valence-corrected chi connectivity index (χ1v) is 8.85. The maximum Gasteiger partial charge on any atom is 0.220 e. The molecule has 0 saturated heterocycles. The van der Waals surface area contributed by atoms with Gasteiger partial charge in [0.25, 0.3) is 0 Å². The molecule has 6 nitrogen and oxygen atoms in total. The van der Waals surface area contributed by atoms with Crippen molar-refractivity contribution in [2.24, 2.45) is 0 Å². The Kier molecular flexibility index (Phi) is 6.32. The number of nitrogens with one attached hydrogen (secondary N) is 1. The Morgan fingerprint density at radius 1 is 1.11 bits per heavy atom. The quantitative estimate of drug-likeness (QED) is 0.696. The number of pyridine rings is 1. The molecule has 28 heavy (non-hydrogen) atoms. The Labute approximate surface area is 164 Å². The number of hydrogen-bond donors (Lipinski definition) is 1. The van der Waals surface area contributed by atoms with E-state index >= 15 is 0 Å². The van der Waals surface area contributed by atoms with Crippen LogP contribution in [-0.4, -0.2) is 26.9 Å². The highest BCUT2D eigenvalue weighted by atomic mass is 16.5. The summed E-state index contributed by atoms with van der Waals surface area (Å²) in [5, 5.41) is 2.88. The molecule has 0 spiro atoms. The van der Waals surface area contributed by atoms with Gasteiger partial charge in [-0.3, -0.25) is 4.79 Å². The van der Waals surface area contributed by atoms with Gasteiger partial charge in [-0.15, -0.1) is 0 Å². The van der Waals surface area contributed by atoms with Gasteiger partial charge in [-0.25, -0.2) is 15.0 Å². The van der Waals surface area contributed by atoms with E-state index < -0.39 is 0 Å². The Morgan fingerprint density at radius 3 is 2.54 bits per heavy atom. The first-order valence-electron chi connectivity index (χ1n) is 8.85. The fourth-order valence-corrected chi connectivity index (χ4v) is 2.62. The number of ether oxygens (including phenoxy) is 1. The fourth-order valence-electron chi connectivity index (χ4n) is 2.62. The number of benzene rings is 1. The molecule has 0 fully saturated rings. The van der Waals surface area contributed by atoms with Crippen LogP contribution >= 0.6 is 0 Å². The van der Waals surface area contributed by atoms with Crippen LogP contribution in [0.5, 0.6) is 11.6 Å². The Hall–Kier alpha value is -3.72. The molecule has 0 aliphatic heterocycles. The Morgan fingerprint density at radius 2 is 1.82 bits per heavy atom. The number of aromatic nitrogens is 3. The standard InChI is InChI=1S/C22H20N4O2/c1-16(26-17(2)27)11-19-6-3-18(4-7-19)5-8-20-9-10-25-22(12-20)28-21-13-23-15-24-14-21/h3-4,6-7,9-10,12-16H,11H2,1-2H3,(H,26,27). The number of rotatable bonds is 5. The molecule has 2 heterocycles. The summed E-state index contributed by atoms with van der Waals surface area (Å²) in [4.78, 5) is 23.1. The average molecular weight is 372 g/mol. The molecule has 1 amide bonds. The van der Waals surface area contributed by atoms with Crippen LogP contribution in [-0.2, 0) is 11.2 Å². The molecule has 0 saturated carbocycles. The molecule has 0 bridgehead atoms. The van der Waals surface area contributed by atoms with E-state index in [1.165, 1.54) is 13.3 Å². The summed E-state index contributed by atoms with van der Waals surface area (Å²) in [6.07, 6.45) is 7.01. The zero-order chi connectivity index (χ0) is 19.8. The minimum absolute atomic E-state index is 0.0181. The lowest BCUT2D eigenvalue weighted by molar-refractivity contribution is -0.119. The predicted octanol–water partition coefficient (Wildman–Crippen LogP) is 3.13. The van der Waals surface area contributed by atoms with Crippen molar-refractivity contribution in [3.63, 3.8) is 0 Å². The zero-order valence-corrected chi connectivity index (χ0v) is 15.7. The number of carbonyl (C=O) groups excluding carboxylic acids is 1. The molecule has 3 aromatic rings. The summed E-state index contributed by atoms with van der Waals surface area (Å²) in [5.74, 6) is 7.19. The highest BCUT2D eigenvalue weighted by molar-refractivity contribution is 5.73. The lowest BCUT2D eigenvalue weighted by Crippen LogP contribution is -2.31. The molecule has 1 atom stereocenters. The Bertz CT molecular complexity index is 992. The normalized spacial score (nSPS) is 11.1. The molecule has 1 aromatic carbocycles. The molecule has 0 aliphatic rings. The van der Waals surface area contributed by atoms with Crippen molar-refractivity contribution in [1.29, 1.82) is 0 Å². The van der Waals surface area contributed by atoms with Crippen LogP contribution in [0.4, 0.5) is 0 Å². The van der Waals surface area contributed by atoms with Gasteiger partial charge in [0.2, 0.25) is 11.8 Å². The summed E-state index contributed by atoms with van der Waals surface area (Å²) in [5.41, 5.74) is 2.85. The average Bonchev–Trinajstić information content (AvgIpc) is 2.68. The van der Waals surface area contributed by atoms with Gasteiger partial charge in [0.05, 0.1) is 12.4 Å². The third-order valence-electron chi connectivity index (χ3n) is 3.79. The van der Waals surface area contributed by atoms with E-state index in [2.05, 4.69) is 32.1 Å². The van der Waals surface area contributed by atoms with Crippen LogP contribution < -0.4 is 10.1 Å². The van der Waals surface area contributed by atoms with E-state index in [4.69, 9.17) is 4.74 Å². The van der Waals surface area contributed by atoms with Crippen LogP contribution in [0, 0.1) is 11.8 Å². The van der Waals surface area contributed by atoms with E-state index in [1.54, 1.807) is 24.7 Å². The number of amides is 1. The summed E-state index contributed by atoms with van der Waals surface area (Å²) in [6, 6.07) is 11.7. The van der Waals surface area contributed by atoms with Gasteiger partial charge in [0.1, 0.15) is 6.33 Å². The van der Waals surface area contributed by atoms with Crippen molar-refractivity contribution >= 4 is 5.91 Å². The summed E-state index contributed by atoms with van der Waals surface area (Å²) < 4.78 is 5.62. The lowest BCUT2D eigenvalue weighted by atomic mass is 10.1. The molecule has 6 heteroatoms. The van der Waals surface area contributed by atoms with Gasteiger partial charge in [-0.1, -0.05) is 24.0 Å². The van der Waals surface area contributed by atoms with Gasteiger partial charge in [-0.2, -0.15) is 0 Å². The third-order valence-corrected chi connectivity index (χ3v) is 3.79. The number of nitrogens with zero attached hydrogens (tertiary/aromatic N) is 3. The van der Waals surface area contributed by atoms with Crippen molar-refractivity contribution in [3.05, 3.63) is 78.0 Å². The second-order valence-corrected chi connectivity index (χ2v) is 6.31. The first kappa shape index (κ1) is 19.1. The van der Waals surface area contributed by atoms with E-state index in [1.807, 2.05) is 37.3 Å². The molecular formula is C22H20N4O2. The largest absolute Gasteiger partial charge is 0.436 e. The SMILES string of the molecule is CC(=O)NC(C)Cc1ccc(C#Cc2ccnc(Oc3cncnc3)c2)cc1. The van der Waals surface area contributed by atoms with Gasteiger partial charge in [-0.05, 0) is 37.1 Å². The van der Waals surface area contributed by atoms with Crippen molar-refractivity contribution in [2.45, 2.75) is 26.3 Å². The van der Waals surface area contributed by atoms with Gasteiger partial charge >= 0.3 is 0 Å². The van der Waals surface area contributed by atoms with Crippen molar-refractivity contribution in [1.82, 2.24) is 20.3 Å². The third kappa shape index (κ3) is 5.92. The number of hydrogen-bond acceptors (Lipinski definition) is 5. The maximum absolute atomic E-state index is 11.1. The molecule has 2 aromatic heterocycles. The highest BCUT2D eigenvalue weighted by Crippen LogP contribution is 2.17. The summed E-state index contributed by atoms with van der Waals surface area (Å²) in [7, 11) is 0. The molecule has 140 valence electrons. The van der Waals surface area contributed by atoms with Gasteiger partial charge < -0.3 is 10.1 Å². The molecule has 0 radical (unpaired) electrons. The topological polar surface area (TPSA) is 77.0 Å². The second-order valence-electron chi connectivity index (χ2n) is 6.31. The van der Waals surface area contributed by atoms with E-state index in [9.17, 15) is 4.79 Å². The molecule has 0 aliphatic carbocycles. The van der Waals surface area contributed by atoms with Crippen LogP contribution in [0.15, 0.2) is 61.3 Å². The van der Waals surface area contributed by atoms with Crippen LogP contribution in [0.1, 0.15) is 30.5 Å². The van der Waals surface area contributed by atoms with Crippen molar-refractivity contribution < 1.29 is 9.53 Å². The summed E-state index contributed by atoms with van der Waals surface area (Å²) >= 11 is 0. The first-order chi connectivity index (χ1) is 13.6. The lowest BCUT2D eigenvalue weighted by Gasteiger charge is -2.12. The van der Waals surface area contributed by atoms with E-state index in [-0.39, 0.29) is 11.9 Å². The smallest absolute Gasteiger partial charge is 0.220 e. The van der Waals surface area contributed by atoms with E-state index in [0.717, 1.165) is 23.1 Å². The molecular weight excluding hydrogens is 352 g/mol. The number of carbonyl (C=O) groups is 1. The molecule has 1 N–H and O–H groups in total. The van der Waals surface area contributed by atoms with Crippen LogP contribution in [0.2, 0.25) is 0 Å². The monoisotopic (exact) mass is 372 g/mol. The maximum atomic E-state index is 11.1. The molecule has 3 rings (SSSR count). The van der Waals surface area contributed by atoms with Crippen LogP contribution in [0.25, 0.3) is 0 Å². The predicted molar refractivity (Wildman–Crippen MR) is 106 cm³/mol. The molecule has 1 unspecified atom stereocenters. The minimum atomic E-state index is -0.0181. The highest BCUT2D eigenvalue weighted by Gasteiger charge is 2.04. The Balaban J connectivity index is 1.65. The minimum Gasteiger partial charge on any atom is -0.436 e. The van der Waals surface area contributed by atoms with Crippen LogP contribution in [0.3, 0.4) is 0 Å². The zero-order valence-electron chi connectivity index (χ0n) is 15.7. The van der Waals surface area contributed by atoms with Gasteiger partial charge in [0.15, 0.2) is 5.75 Å². The van der Waals surface area contributed by atoms with Gasteiger partial charge in [0, 0.05) is 36.4 Å². The van der Waals surface area contributed by atoms with Crippen molar-refractivity contribution in [3.8, 4) is 23.5 Å². The van der Waals surface area contributed by atoms with E-state index in [0.29, 0.717) is 11.6 Å². The second kappa shape index (κ2) is 9.28. The van der Waals surface area contributed by atoms with Crippen molar-refractivity contribution in [2.75, 3.05) is 0 Å². The fraction of sp³-hybridized carbons (Fsp3) is 0.182. The summed E-state index contributed by atoms with van der Waals surface area (Å²) in [6.45, 7) is 3.51.